The second-order valence-electron chi connectivity index (χ2n) is 4.10. The second-order valence-corrected chi connectivity index (χ2v) is 4.10. The van der Waals surface area contributed by atoms with Crippen molar-refractivity contribution in [1.82, 2.24) is 0 Å². The Labute approximate surface area is 116 Å². The summed E-state index contributed by atoms with van der Waals surface area (Å²) in [6.45, 7) is 4.46. The van der Waals surface area contributed by atoms with Crippen molar-refractivity contribution in [3.63, 3.8) is 0 Å². The number of carbonyl (C=O) groups is 1. The fraction of sp³-hybridized carbons (Fsp3) is 0.462. The van der Waals surface area contributed by atoms with E-state index in [-0.39, 0.29) is 24.1 Å². The van der Waals surface area contributed by atoms with Crippen LogP contribution >= 0.6 is 0 Å². The molecular formula is C13H17NO6. The van der Waals surface area contributed by atoms with Gasteiger partial charge in [0.05, 0.1) is 11.0 Å². The van der Waals surface area contributed by atoms with Crippen LogP contribution in [0.4, 0.5) is 10.5 Å². The smallest absolute Gasteiger partial charge is 0.431 e. The molecule has 1 aromatic carbocycles. The molecule has 0 aliphatic heterocycles. The lowest BCUT2D eigenvalue weighted by atomic mass is 10.3. The predicted molar refractivity (Wildman–Crippen MR) is 70.8 cm³/mol. The van der Waals surface area contributed by atoms with Crippen molar-refractivity contribution in [2.75, 3.05) is 13.2 Å². The lowest BCUT2D eigenvalue weighted by Gasteiger charge is -2.12. The Kier molecular flexibility index (Phi) is 6.45. The number of carbonyl (C=O) groups excluding carboxylic acids is 1. The molecule has 0 saturated carbocycles. The van der Waals surface area contributed by atoms with Gasteiger partial charge in [0.1, 0.15) is 12.4 Å². The van der Waals surface area contributed by atoms with Crippen molar-refractivity contribution in [3.05, 3.63) is 34.4 Å². The summed E-state index contributed by atoms with van der Waals surface area (Å²) in [5.74, 6) is 0.183. The monoisotopic (exact) mass is 283 g/mol. The molecule has 0 fully saturated rings. The summed E-state index contributed by atoms with van der Waals surface area (Å²) >= 11 is 0. The Hall–Kier alpha value is -2.15. The molecule has 7 heteroatoms. The first-order chi connectivity index (χ1) is 9.52. The van der Waals surface area contributed by atoms with Gasteiger partial charge in [-0.2, -0.15) is 0 Å². The molecular weight excluding hydrogens is 266 g/mol. The zero-order valence-corrected chi connectivity index (χ0v) is 11.4. The first-order valence-electron chi connectivity index (χ1n) is 6.23. The Bertz CT molecular complexity index is 445. The molecule has 0 amide bonds. The average Bonchev–Trinajstić information content (AvgIpc) is 2.43. The number of nitrogens with zero attached hydrogens (tertiary/aromatic N) is 1. The van der Waals surface area contributed by atoms with Gasteiger partial charge < -0.3 is 14.2 Å². The molecule has 0 aliphatic carbocycles. The average molecular weight is 283 g/mol. The van der Waals surface area contributed by atoms with Crippen LogP contribution in [0.5, 0.6) is 5.75 Å². The molecule has 20 heavy (non-hydrogen) atoms. The second kappa shape index (κ2) is 8.11. The number of hydrogen-bond donors (Lipinski definition) is 0. The molecule has 110 valence electrons. The van der Waals surface area contributed by atoms with Gasteiger partial charge in [0.2, 0.25) is 0 Å². The van der Waals surface area contributed by atoms with E-state index in [2.05, 4.69) is 0 Å². The fourth-order valence-electron chi connectivity index (χ4n) is 1.31. The highest BCUT2D eigenvalue weighted by Gasteiger charge is 2.11. The summed E-state index contributed by atoms with van der Waals surface area (Å²) in [7, 11) is 0. The van der Waals surface area contributed by atoms with E-state index in [1.165, 1.54) is 24.3 Å². The molecule has 0 spiro atoms. The van der Waals surface area contributed by atoms with Gasteiger partial charge in [-0.05, 0) is 25.5 Å². The van der Waals surface area contributed by atoms with Gasteiger partial charge >= 0.3 is 6.16 Å². The third kappa shape index (κ3) is 5.66. The molecule has 1 aromatic rings. The van der Waals surface area contributed by atoms with E-state index in [1.807, 2.05) is 6.92 Å². The summed E-state index contributed by atoms with van der Waals surface area (Å²) in [5, 5.41) is 10.5. The maximum atomic E-state index is 11.4. The molecule has 1 rings (SSSR count). The largest absolute Gasteiger partial charge is 0.513 e. The van der Waals surface area contributed by atoms with Crippen LogP contribution < -0.4 is 4.74 Å². The minimum Gasteiger partial charge on any atom is -0.431 e. The number of hydrogen-bond acceptors (Lipinski definition) is 6. The third-order valence-electron chi connectivity index (χ3n) is 2.29. The first kappa shape index (κ1) is 15.9. The van der Waals surface area contributed by atoms with Gasteiger partial charge in [-0.25, -0.2) is 4.79 Å². The van der Waals surface area contributed by atoms with Crippen LogP contribution in [0.15, 0.2) is 24.3 Å². The first-order valence-corrected chi connectivity index (χ1v) is 6.23. The number of rotatable bonds is 7. The minimum absolute atomic E-state index is 0.0766. The molecule has 0 aliphatic rings. The topological polar surface area (TPSA) is 87.9 Å². The third-order valence-corrected chi connectivity index (χ3v) is 2.29. The van der Waals surface area contributed by atoms with E-state index >= 15 is 0 Å². The Morgan fingerprint density at radius 2 is 2.00 bits per heavy atom. The van der Waals surface area contributed by atoms with Crippen LogP contribution in [0, 0.1) is 10.1 Å². The highest BCUT2D eigenvalue weighted by Crippen LogP contribution is 2.17. The maximum absolute atomic E-state index is 11.4. The number of non-ortho nitro benzene ring substituents is 1. The quantitative estimate of drug-likeness (QED) is 0.331. The highest BCUT2D eigenvalue weighted by atomic mass is 16.7. The number of nitro groups is 1. The normalized spacial score (nSPS) is 11.7. The van der Waals surface area contributed by atoms with Gasteiger partial charge in [-0.1, -0.05) is 6.92 Å². The van der Waals surface area contributed by atoms with Crippen molar-refractivity contribution in [1.29, 1.82) is 0 Å². The van der Waals surface area contributed by atoms with Crippen molar-refractivity contribution in [3.8, 4) is 5.75 Å². The van der Waals surface area contributed by atoms with Crippen LogP contribution in [0.25, 0.3) is 0 Å². The zero-order valence-electron chi connectivity index (χ0n) is 11.4. The molecule has 0 saturated heterocycles. The summed E-state index contributed by atoms with van der Waals surface area (Å²) in [5.41, 5.74) is -0.0766. The summed E-state index contributed by atoms with van der Waals surface area (Å²) in [6, 6.07) is 5.15. The van der Waals surface area contributed by atoms with E-state index in [1.54, 1.807) is 6.92 Å². The van der Waals surface area contributed by atoms with E-state index in [0.717, 1.165) is 6.42 Å². The summed E-state index contributed by atoms with van der Waals surface area (Å²) < 4.78 is 15.1. The SMILES string of the molecule is CCCOC(C)COC(=O)Oc1ccc([N+](=O)[O-])cc1. The van der Waals surface area contributed by atoms with E-state index in [4.69, 9.17) is 14.2 Å². The van der Waals surface area contributed by atoms with E-state index in [9.17, 15) is 14.9 Å². The van der Waals surface area contributed by atoms with Crippen molar-refractivity contribution < 1.29 is 23.9 Å². The van der Waals surface area contributed by atoms with Crippen LogP contribution in [0.2, 0.25) is 0 Å². The Morgan fingerprint density at radius 3 is 2.55 bits per heavy atom. The van der Waals surface area contributed by atoms with Crippen molar-refractivity contribution >= 4 is 11.8 Å². The van der Waals surface area contributed by atoms with Crippen LogP contribution in [-0.4, -0.2) is 30.4 Å². The van der Waals surface area contributed by atoms with Gasteiger partial charge in [0.15, 0.2) is 0 Å². The van der Waals surface area contributed by atoms with Gasteiger partial charge in [0.25, 0.3) is 5.69 Å². The maximum Gasteiger partial charge on any atom is 0.513 e. The molecule has 1 unspecified atom stereocenters. The van der Waals surface area contributed by atoms with Gasteiger partial charge in [0, 0.05) is 18.7 Å². The lowest BCUT2D eigenvalue weighted by Crippen LogP contribution is -2.21. The summed E-state index contributed by atoms with van der Waals surface area (Å²) in [6.07, 6.45) is -0.192. The zero-order chi connectivity index (χ0) is 15.0. The van der Waals surface area contributed by atoms with E-state index in [0.29, 0.717) is 6.61 Å². The molecule has 0 heterocycles. The lowest BCUT2D eigenvalue weighted by molar-refractivity contribution is -0.384. The number of ether oxygens (including phenoxy) is 3. The highest BCUT2D eigenvalue weighted by molar-refractivity contribution is 5.64. The van der Waals surface area contributed by atoms with Gasteiger partial charge in [-0.3, -0.25) is 10.1 Å². The van der Waals surface area contributed by atoms with Crippen molar-refractivity contribution in [2.24, 2.45) is 0 Å². The Morgan fingerprint density at radius 1 is 1.35 bits per heavy atom. The van der Waals surface area contributed by atoms with Crippen LogP contribution in [0.3, 0.4) is 0 Å². The molecule has 0 aromatic heterocycles. The van der Waals surface area contributed by atoms with E-state index < -0.39 is 11.1 Å². The minimum atomic E-state index is -0.870. The number of benzene rings is 1. The van der Waals surface area contributed by atoms with Crippen LogP contribution in [-0.2, 0) is 9.47 Å². The molecule has 0 N–H and O–H groups in total. The molecule has 1 atom stereocenters. The molecule has 0 bridgehead atoms. The molecule has 7 nitrogen and oxygen atoms in total. The fourth-order valence-corrected chi connectivity index (χ4v) is 1.31. The summed E-state index contributed by atoms with van der Waals surface area (Å²) in [4.78, 5) is 21.3. The van der Waals surface area contributed by atoms with Gasteiger partial charge in [-0.15, -0.1) is 0 Å². The van der Waals surface area contributed by atoms with Crippen molar-refractivity contribution in [2.45, 2.75) is 26.4 Å². The number of nitro benzene ring substituents is 1. The Balaban J connectivity index is 2.36. The molecule has 0 radical (unpaired) electrons. The van der Waals surface area contributed by atoms with Crippen LogP contribution in [0.1, 0.15) is 20.3 Å². The predicted octanol–water partition coefficient (Wildman–Crippen LogP) is 2.93. The standard InChI is InChI=1S/C13H17NO6/c1-3-8-18-10(2)9-19-13(15)20-12-6-4-11(5-7-12)14(16)17/h4-7,10H,3,8-9H2,1-2H3.